The van der Waals surface area contributed by atoms with Crippen LogP contribution < -0.4 is 0 Å². The summed E-state index contributed by atoms with van der Waals surface area (Å²) in [5, 5.41) is 1.69. The van der Waals surface area contributed by atoms with Crippen LogP contribution in [0, 0.1) is 11.6 Å². The van der Waals surface area contributed by atoms with E-state index in [9.17, 15) is 22.0 Å². The van der Waals surface area contributed by atoms with Gasteiger partial charge in [-0.1, -0.05) is 23.7 Å². The molecule has 1 aliphatic rings. The minimum absolute atomic E-state index is 0.0768. The van der Waals surface area contributed by atoms with Crippen molar-refractivity contribution in [3.05, 3.63) is 70.2 Å². The van der Waals surface area contributed by atoms with Crippen molar-refractivity contribution in [3.8, 4) is 10.6 Å². The smallest absolute Gasteiger partial charge is 0.273 e. The molecule has 4 rings (SSSR count). The van der Waals surface area contributed by atoms with Gasteiger partial charge in [0, 0.05) is 37.1 Å². The lowest BCUT2D eigenvalue weighted by atomic mass is 10.2. The minimum atomic E-state index is -3.86. The van der Waals surface area contributed by atoms with Crippen LogP contribution in [0.25, 0.3) is 10.6 Å². The molecule has 6 nitrogen and oxygen atoms in total. The molecule has 3 aromatic rings. The zero-order chi connectivity index (χ0) is 22.2. The summed E-state index contributed by atoms with van der Waals surface area (Å²) >= 11 is 6.87. The molecular formula is C20H16ClF2N3O3S2. The summed E-state index contributed by atoms with van der Waals surface area (Å²) in [7, 11) is -3.86. The number of hydrogen-bond acceptors (Lipinski definition) is 5. The Labute approximate surface area is 186 Å². The van der Waals surface area contributed by atoms with Gasteiger partial charge in [0.2, 0.25) is 10.0 Å². The van der Waals surface area contributed by atoms with Crippen molar-refractivity contribution in [1.29, 1.82) is 0 Å². The molecule has 31 heavy (non-hydrogen) atoms. The third-order valence-electron chi connectivity index (χ3n) is 4.88. The first kappa shape index (κ1) is 21.8. The van der Waals surface area contributed by atoms with E-state index in [-0.39, 0.29) is 47.7 Å². The molecule has 1 fully saturated rings. The fourth-order valence-corrected chi connectivity index (χ4v) is 5.72. The van der Waals surface area contributed by atoms with E-state index in [1.165, 1.54) is 26.6 Å². The minimum Gasteiger partial charge on any atom is -0.335 e. The van der Waals surface area contributed by atoms with E-state index < -0.39 is 21.7 Å². The number of piperazine rings is 1. The topological polar surface area (TPSA) is 70.6 Å². The first-order chi connectivity index (χ1) is 14.8. The molecule has 0 spiro atoms. The van der Waals surface area contributed by atoms with Crippen molar-refractivity contribution in [3.63, 3.8) is 0 Å². The molecule has 1 aliphatic heterocycles. The van der Waals surface area contributed by atoms with Crippen LogP contribution in [0.2, 0.25) is 5.02 Å². The van der Waals surface area contributed by atoms with E-state index in [0.29, 0.717) is 10.6 Å². The predicted octanol–water partition coefficient (Wildman–Crippen LogP) is 3.89. The van der Waals surface area contributed by atoms with Gasteiger partial charge in [0.25, 0.3) is 5.91 Å². The molecule has 2 heterocycles. The molecule has 2 aromatic carbocycles. The molecule has 0 unspecified atom stereocenters. The molecule has 0 atom stereocenters. The van der Waals surface area contributed by atoms with Gasteiger partial charge < -0.3 is 4.90 Å². The molecule has 0 N–H and O–H groups in total. The maximum Gasteiger partial charge on any atom is 0.273 e. The Morgan fingerprint density at radius 2 is 1.74 bits per heavy atom. The third kappa shape index (κ3) is 4.33. The van der Waals surface area contributed by atoms with Crippen molar-refractivity contribution in [1.82, 2.24) is 14.2 Å². The Hall–Kier alpha value is -2.40. The Morgan fingerprint density at radius 1 is 1.03 bits per heavy atom. The Balaban J connectivity index is 1.45. The van der Waals surface area contributed by atoms with E-state index in [1.54, 1.807) is 23.6 Å². The van der Waals surface area contributed by atoms with Gasteiger partial charge in [-0.25, -0.2) is 22.2 Å². The number of carbonyl (C=O) groups is 1. The molecule has 0 bridgehead atoms. The van der Waals surface area contributed by atoms with Crippen LogP contribution in [-0.4, -0.2) is 54.7 Å². The quantitative estimate of drug-likeness (QED) is 0.564. The van der Waals surface area contributed by atoms with Gasteiger partial charge in [-0.15, -0.1) is 11.3 Å². The summed E-state index contributed by atoms with van der Waals surface area (Å²) in [6.07, 6.45) is 0. The third-order valence-corrected chi connectivity index (χ3v) is 7.94. The summed E-state index contributed by atoms with van der Waals surface area (Å²) in [5.74, 6) is -1.47. The number of thiazole rings is 1. The van der Waals surface area contributed by atoms with E-state index in [2.05, 4.69) is 4.98 Å². The van der Waals surface area contributed by atoms with E-state index in [0.717, 1.165) is 18.2 Å². The summed E-state index contributed by atoms with van der Waals surface area (Å²) in [5.41, 5.74) is 0.505. The molecule has 0 saturated carbocycles. The zero-order valence-corrected chi connectivity index (χ0v) is 18.4. The van der Waals surface area contributed by atoms with Crippen LogP contribution in [0.3, 0.4) is 0 Å². The van der Waals surface area contributed by atoms with Crippen LogP contribution in [0.4, 0.5) is 8.78 Å². The number of sulfonamides is 1. The average Bonchev–Trinajstić information content (AvgIpc) is 3.25. The second-order valence-corrected chi connectivity index (χ2v) is 9.99. The normalized spacial score (nSPS) is 15.3. The van der Waals surface area contributed by atoms with Gasteiger partial charge in [0.05, 0.1) is 9.92 Å². The van der Waals surface area contributed by atoms with Crippen molar-refractivity contribution >= 4 is 38.9 Å². The standard InChI is InChI=1S/C20H16ClF2N3O3S2/c21-15-11-13(5-6-17(15)23)31(28,29)26-9-7-25(8-10-26)20(27)18-12-30-19(24-18)14-3-1-2-4-16(14)22/h1-6,11-12H,7-10H2. The Morgan fingerprint density at radius 3 is 2.42 bits per heavy atom. The number of carbonyl (C=O) groups excluding carboxylic acids is 1. The maximum absolute atomic E-state index is 14.0. The van der Waals surface area contributed by atoms with Gasteiger partial charge in [0.15, 0.2) is 0 Å². The number of rotatable bonds is 4. The van der Waals surface area contributed by atoms with Gasteiger partial charge in [0.1, 0.15) is 22.3 Å². The second kappa shape index (κ2) is 8.62. The number of halogens is 3. The highest BCUT2D eigenvalue weighted by Gasteiger charge is 2.31. The molecule has 0 radical (unpaired) electrons. The largest absolute Gasteiger partial charge is 0.335 e. The maximum atomic E-state index is 14.0. The highest BCUT2D eigenvalue weighted by atomic mass is 35.5. The summed E-state index contributed by atoms with van der Waals surface area (Å²) < 4.78 is 54.1. The number of nitrogens with zero attached hydrogens (tertiary/aromatic N) is 3. The lowest BCUT2D eigenvalue weighted by molar-refractivity contribution is 0.0693. The highest BCUT2D eigenvalue weighted by Crippen LogP contribution is 2.27. The van der Waals surface area contributed by atoms with Crippen molar-refractivity contribution in [2.24, 2.45) is 0 Å². The van der Waals surface area contributed by atoms with Crippen LogP contribution in [-0.2, 0) is 10.0 Å². The van der Waals surface area contributed by atoms with E-state index in [4.69, 9.17) is 11.6 Å². The second-order valence-electron chi connectivity index (χ2n) is 6.79. The molecular weight excluding hydrogens is 468 g/mol. The van der Waals surface area contributed by atoms with Crippen molar-refractivity contribution in [2.45, 2.75) is 4.90 Å². The SMILES string of the molecule is O=C(c1csc(-c2ccccc2F)n1)N1CCN(S(=O)(=O)c2ccc(F)c(Cl)c2)CC1. The first-order valence-electron chi connectivity index (χ1n) is 9.22. The molecule has 1 saturated heterocycles. The summed E-state index contributed by atoms with van der Waals surface area (Å²) in [6.45, 7) is 0.486. The Bertz CT molecular complexity index is 1240. The van der Waals surface area contributed by atoms with Crippen LogP contribution in [0.5, 0.6) is 0 Å². The van der Waals surface area contributed by atoms with Crippen molar-refractivity contribution < 1.29 is 22.0 Å². The molecule has 162 valence electrons. The number of hydrogen-bond donors (Lipinski definition) is 0. The number of amides is 1. The number of benzene rings is 2. The van der Waals surface area contributed by atoms with Crippen LogP contribution in [0.15, 0.2) is 52.7 Å². The zero-order valence-electron chi connectivity index (χ0n) is 16.0. The van der Waals surface area contributed by atoms with Gasteiger partial charge in [-0.2, -0.15) is 4.31 Å². The fraction of sp³-hybridized carbons (Fsp3) is 0.200. The summed E-state index contributed by atoms with van der Waals surface area (Å²) in [6, 6.07) is 9.42. The van der Waals surface area contributed by atoms with Gasteiger partial charge >= 0.3 is 0 Å². The molecule has 1 aromatic heterocycles. The van der Waals surface area contributed by atoms with E-state index >= 15 is 0 Å². The lowest BCUT2D eigenvalue weighted by Crippen LogP contribution is -2.50. The predicted molar refractivity (Wildman–Crippen MR) is 114 cm³/mol. The van der Waals surface area contributed by atoms with Gasteiger partial charge in [-0.05, 0) is 30.3 Å². The van der Waals surface area contributed by atoms with Gasteiger partial charge in [-0.3, -0.25) is 4.79 Å². The van der Waals surface area contributed by atoms with E-state index in [1.807, 2.05) is 0 Å². The molecule has 0 aliphatic carbocycles. The molecule has 1 amide bonds. The van der Waals surface area contributed by atoms with Crippen LogP contribution in [0.1, 0.15) is 10.5 Å². The Kier molecular flexibility index (Phi) is 6.07. The average molecular weight is 484 g/mol. The summed E-state index contributed by atoms with van der Waals surface area (Å²) in [4.78, 5) is 18.4. The first-order valence-corrected chi connectivity index (χ1v) is 11.9. The fourth-order valence-electron chi connectivity index (χ4n) is 3.21. The molecule has 11 heteroatoms. The van der Waals surface area contributed by atoms with Crippen LogP contribution >= 0.6 is 22.9 Å². The highest BCUT2D eigenvalue weighted by molar-refractivity contribution is 7.89. The lowest BCUT2D eigenvalue weighted by Gasteiger charge is -2.33. The monoisotopic (exact) mass is 483 g/mol. The van der Waals surface area contributed by atoms with Crippen molar-refractivity contribution in [2.75, 3.05) is 26.2 Å². The number of aromatic nitrogens is 1.